The van der Waals surface area contributed by atoms with Crippen molar-refractivity contribution in [2.45, 2.75) is 147 Å². The maximum atomic E-state index is 13.5. The van der Waals surface area contributed by atoms with Crippen LogP contribution in [-0.2, 0) is 63.8 Å². The number of alkyl halides is 9. The number of carbonyl (C=O) groups excluding carboxylic acids is 8. The van der Waals surface area contributed by atoms with Crippen molar-refractivity contribution in [3.05, 3.63) is 100 Å². The number of hydrogen-bond acceptors (Lipinski definition) is 10. The van der Waals surface area contributed by atoms with Crippen molar-refractivity contribution in [1.29, 1.82) is 0 Å². The number of ether oxygens (including phenoxy) is 2. The van der Waals surface area contributed by atoms with Crippen molar-refractivity contribution in [2.75, 3.05) is 19.7 Å². The number of carbonyl (C=O) groups is 8. The van der Waals surface area contributed by atoms with Gasteiger partial charge in [0.15, 0.2) is 0 Å². The highest BCUT2D eigenvalue weighted by Gasteiger charge is 2.38. The number of nitrogens with one attached hydrogen (secondary N) is 6. The van der Waals surface area contributed by atoms with E-state index in [1.807, 2.05) is 26.0 Å². The van der Waals surface area contributed by atoms with Crippen LogP contribution >= 0.6 is 0 Å². The van der Waals surface area contributed by atoms with E-state index in [9.17, 15) is 77.9 Å². The molecule has 16 nitrogen and oxygen atoms in total. The van der Waals surface area contributed by atoms with Crippen LogP contribution in [0.2, 0.25) is 0 Å². The minimum Gasteiger partial charge on any atom is -0.493 e. The van der Waals surface area contributed by atoms with Crippen LogP contribution in [0.4, 0.5) is 39.5 Å². The zero-order valence-electron chi connectivity index (χ0n) is 43.5. The summed E-state index contributed by atoms with van der Waals surface area (Å²) in [7, 11) is 0. The predicted octanol–water partition coefficient (Wildman–Crippen LogP) is 7.87. The fraction of sp³-hybridized carbons (Fsp3) is 0.519. The van der Waals surface area contributed by atoms with Crippen LogP contribution in [0.5, 0.6) is 5.75 Å². The van der Waals surface area contributed by atoms with Crippen LogP contribution in [0.25, 0.3) is 0 Å². The molecule has 4 rings (SSSR count). The molecule has 1 saturated carbocycles. The highest BCUT2D eigenvalue weighted by molar-refractivity contribution is 5.94. The Morgan fingerprint density at radius 1 is 0.658 bits per heavy atom. The van der Waals surface area contributed by atoms with Gasteiger partial charge >= 0.3 is 24.5 Å². The Morgan fingerprint density at radius 3 is 1.80 bits per heavy atom. The molecular weight excluding hydrogens is 1060 g/mol. The smallest absolute Gasteiger partial charge is 0.416 e. The molecule has 0 aromatic heterocycles. The van der Waals surface area contributed by atoms with Crippen molar-refractivity contribution >= 4 is 47.7 Å². The Kier molecular flexibility index (Phi) is 25.1. The summed E-state index contributed by atoms with van der Waals surface area (Å²) in [6.45, 7) is 3.08. The van der Waals surface area contributed by atoms with Crippen LogP contribution in [0.15, 0.2) is 66.7 Å². The molecule has 3 aromatic carbocycles. The first-order valence-electron chi connectivity index (χ1n) is 25.7. The number of hydrogen-bond donors (Lipinski definition) is 6. The Balaban J connectivity index is 1.31. The average Bonchev–Trinajstić information content (AvgIpc) is 3.39. The van der Waals surface area contributed by atoms with Crippen molar-refractivity contribution in [3.63, 3.8) is 0 Å². The molecule has 0 aliphatic heterocycles. The summed E-state index contributed by atoms with van der Waals surface area (Å²) >= 11 is 0. The first-order valence-corrected chi connectivity index (χ1v) is 25.7. The summed E-state index contributed by atoms with van der Waals surface area (Å²) < 4.78 is 130. The van der Waals surface area contributed by atoms with E-state index in [2.05, 4.69) is 31.9 Å². The molecular formula is C54H65F9N6O10. The van der Waals surface area contributed by atoms with E-state index in [4.69, 9.17) is 9.47 Å². The molecule has 3 aromatic rings. The Bertz CT molecular complexity index is 2490. The van der Waals surface area contributed by atoms with Gasteiger partial charge in [-0.15, -0.1) is 0 Å². The molecule has 25 heteroatoms. The van der Waals surface area contributed by atoms with Gasteiger partial charge in [-0.25, -0.2) is 0 Å². The summed E-state index contributed by atoms with van der Waals surface area (Å²) in [5.74, 6) is -5.82. The van der Waals surface area contributed by atoms with E-state index in [0.29, 0.717) is 37.0 Å². The van der Waals surface area contributed by atoms with Gasteiger partial charge in [0.2, 0.25) is 29.5 Å². The maximum absolute atomic E-state index is 13.5. The van der Waals surface area contributed by atoms with Gasteiger partial charge in [0, 0.05) is 50.0 Å². The summed E-state index contributed by atoms with van der Waals surface area (Å²) in [5.41, 5.74) is -2.10. The zero-order valence-corrected chi connectivity index (χ0v) is 43.5. The van der Waals surface area contributed by atoms with Crippen molar-refractivity contribution in [1.82, 2.24) is 31.9 Å². The number of amides is 6. The van der Waals surface area contributed by atoms with Crippen LogP contribution < -0.4 is 36.6 Å². The molecule has 0 heterocycles. The maximum Gasteiger partial charge on any atom is 0.416 e. The Hall–Kier alpha value is -7.21. The van der Waals surface area contributed by atoms with E-state index >= 15 is 0 Å². The lowest BCUT2D eigenvalue weighted by Crippen LogP contribution is -2.48. The quantitative estimate of drug-likeness (QED) is 0.0171. The largest absolute Gasteiger partial charge is 0.493 e. The summed E-state index contributed by atoms with van der Waals surface area (Å²) in [5, 5.41) is 15.1. The van der Waals surface area contributed by atoms with Crippen molar-refractivity contribution in [2.24, 2.45) is 11.8 Å². The van der Waals surface area contributed by atoms with Gasteiger partial charge < -0.3 is 46.2 Å². The molecule has 5 atom stereocenters. The molecule has 1 aliphatic carbocycles. The molecule has 1 fully saturated rings. The average molecular weight is 1130 g/mol. The lowest BCUT2D eigenvalue weighted by molar-refractivity contribution is -0.152. The zero-order chi connectivity index (χ0) is 58.3. The molecule has 1 aliphatic rings. The van der Waals surface area contributed by atoms with E-state index in [-0.39, 0.29) is 88.6 Å². The number of rotatable bonds is 29. The number of esters is 1. The van der Waals surface area contributed by atoms with Crippen LogP contribution in [0, 0.1) is 18.8 Å². The highest BCUT2D eigenvalue weighted by Crippen LogP contribution is 2.36. The fourth-order valence-electron chi connectivity index (χ4n) is 8.32. The van der Waals surface area contributed by atoms with Gasteiger partial charge in [-0.1, -0.05) is 55.3 Å². The van der Waals surface area contributed by atoms with Crippen LogP contribution in [-0.4, -0.2) is 91.7 Å². The van der Waals surface area contributed by atoms with Crippen LogP contribution in [0.3, 0.4) is 0 Å². The van der Waals surface area contributed by atoms with E-state index in [1.54, 1.807) is 36.4 Å². The van der Waals surface area contributed by atoms with Crippen molar-refractivity contribution in [3.8, 4) is 5.75 Å². The normalized spacial score (nSPS) is 16.3. The second kappa shape index (κ2) is 30.8. The number of unbranched alkanes of at least 4 members (excludes halogenated alkanes) is 1. The minimum absolute atomic E-state index is 0.0201. The number of benzene rings is 3. The molecule has 79 heavy (non-hydrogen) atoms. The Morgan fingerprint density at radius 2 is 1.23 bits per heavy atom. The molecule has 0 bridgehead atoms. The van der Waals surface area contributed by atoms with E-state index in [1.165, 1.54) is 0 Å². The summed E-state index contributed by atoms with van der Waals surface area (Å²) in [6.07, 6.45) is -14.8. The molecule has 6 amide bonds. The first-order chi connectivity index (χ1) is 37.2. The molecule has 0 spiro atoms. The third-order valence-electron chi connectivity index (χ3n) is 12.6. The summed E-state index contributed by atoms with van der Waals surface area (Å²) in [4.78, 5) is 102. The molecule has 0 radical (unpaired) electrons. The van der Waals surface area contributed by atoms with E-state index in [0.717, 1.165) is 30.3 Å². The van der Waals surface area contributed by atoms with Gasteiger partial charge in [0.25, 0.3) is 5.91 Å². The fourth-order valence-corrected chi connectivity index (χ4v) is 8.32. The van der Waals surface area contributed by atoms with Gasteiger partial charge in [-0.05, 0) is 99.7 Å². The third-order valence-corrected chi connectivity index (χ3v) is 12.6. The van der Waals surface area contributed by atoms with Crippen LogP contribution in [0.1, 0.15) is 129 Å². The second-order valence-electron chi connectivity index (χ2n) is 19.2. The number of halogens is 9. The molecule has 434 valence electrons. The standard InChI is InChI=1S/C54H65F9N6O10/c1-3-4-9-45(71)67-41-25-36(31-70)24-38(28-41)51(77)79-32-35-14-16-42(17-15-35)78-23-19-47(73)69-44(50(76)66-30-34-12-10-33(2)11-13-34)8-6-22-65-49(75)43(68-46(72)18-20-52(55,56)57)7-5-21-64-48(74)37-26-39(53(58,59)60)29-40(27-37)54(61,62)63/h10-17,26-27,29,31,36,38,41,43-44H,3-9,18-25,28,30,32H2,1-2H3,(H,64,74)(H,65,75)(H,66,76)(H,67,71)(H,68,72)(H,69,73). The van der Waals surface area contributed by atoms with Crippen molar-refractivity contribution < 1.29 is 87.3 Å². The van der Waals surface area contributed by atoms with Gasteiger partial charge in [-0.2, -0.15) is 39.5 Å². The summed E-state index contributed by atoms with van der Waals surface area (Å²) in [6, 6.07) is 11.0. The van der Waals surface area contributed by atoms with Gasteiger partial charge in [0.1, 0.15) is 30.7 Å². The first kappa shape index (κ1) is 64.3. The van der Waals surface area contributed by atoms with Gasteiger partial charge in [-0.3, -0.25) is 33.6 Å². The third kappa shape index (κ3) is 23.7. The minimum atomic E-state index is -5.23. The number of aldehydes is 1. The predicted molar refractivity (Wildman–Crippen MR) is 267 cm³/mol. The lowest BCUT2D eigenvalue weighted by atomic mass is 9.79. The SMILES string of the molecule is CCCCC(=O)NC1CC(C=O)CC(C(=O)OCc2ccc(OCCC(=O)NC(CCCNC(=O)C(CCCNC(=O)c3cc(C(F)(F)F)cc(C(F)(F)F)c3)NC(=O)CCC(F)(F)F)C(=O)NCc3ccc(C)cc3)cc2)C1. The van der Waals surface area contributed by atoms with E-state index < -0.39 is 114 Å². The topological polar surface area (TPSA) is 227 Å². The molecule has 0 saturated heterocycles. The number of aryl methyl sites for hydroxylation is 1. The Labute approximate surface area is 450 Å². The van der Waals surface area contributed by atoms with Gasteiger partial charge in [0.05, 0.1) is 36.5 Å². The lowest BCUT2D eigenvalue weighted by Gasteiger charge is -2.32. The molecule has 5 unspecified atom stereocenters. The monoisotopic (exact) mass is 1130 g/mol. The molecule has 6 N–H and O–H groups in total. The highest BCUT2D eigenvalue weighted by atomic mass is 19.4. The second-order valence-corrected chi connectivity index (χ2v) is 19.2.